The normalized spacial score (nSPS) is 19.9. The number of nitrogens with one attached hydrogen (secondary N) is 1. The van der Waals surface area contributed by atoms with Gasteiger partial charge in [-0.25, -0.2) is 15.0 Å². The zero-order chi connectivity index (χ0) is 18.1. The molecule has 6 nitrogen and oxygen atoms in total. The third-order valence-electron chi connectivity index (χ3n) is 5.70. The molecule has 0 aliphatic carbocycles. The second kappa shape index (κ2) is 7.19. The van der Waals surface area contributed by atoms with E-state index in [1.54, 1.807) is 11.8 Å². The molecule has 4 rings (SSSR count). The fourth-order valence-corrected chi connectivity index (χ4v) is 4.85. The van der Waals surface area contributed by atoms with E-state index >= 15 is 0 Å². The van der Waals surface area contributed by atoms with Gasteiger partial charge in [-0.3, -0.25) is 4.90 Å². The van der Waals surface area contributed by atoms with Crippen LogP contribution in [0.15, 0.2) is 23.7 Å². The van der Waals surface area contributed by atoms with Crippen molar-refractivity contribution >= 4 is 17.6 Å². The number of aromatic amines is 1. The van der Waals surface area contributed by atoms with Gasteiger partial charge in [-0.1, -0.05) is 25.6 Å². The summed E-state index contributed by atoms with van der Waals surface area (Å²) in [5.74, 6) is 1.71. The lowest BCUT2D eigenvalue weighted by molar-refractivity contribution is 0.0341. The van der Waals surface area contributed by atoms with Crippen LogP contribution in [-0.2, 0) is 12.0 Å². The third kappa shape index (κ3) is 3.11. The molecule has 1 fully saturated rings. The number of H-pyrrole nitrogens is 1. The molecule has 0 unspecified atom stereocenters. The van der Waals surface area contributed by atoms with E-state index in [9.17, 15) is 0 Å². The molecule has 1 spiro atoms. The summed E-state index contributed by atoms with van der Waals surface area (Å²) in [6.45, 7) is 8.90. The molecule has 0 atom stereocenters. The molecule has 4 heterocycles. The number of thioether (sulfide) groups is 1. The average Bonchev–Trinajstić information content (AvgIpc) is 3.14. The Bertz CT molecular complexity index is 750. The van der Waals surface area contributed by atoms with Gasteiger partial charge in [-0.05, 0) is 31.1 Å². The highest BCUT2D eigenvalue weighted by atomic mass is 32.2. The van der Waals surface area contributed by atoms with Gasteiger partial charge in [0.25, 0.3) is 0 Å². The highest BCUT2D eigenvalue weighted by molar-refractivity contribution is 7.98. The molecule has 1 saturated heterocycles. The molecule has 1 N–H and O–H groups in total. The van der Waals surface area contributed by atoms with E-state index in [1.165, 1.54) is 11.4 Å². The molecule has 0 aromatic carbocycles. The minimum Gasteiger partial charge on any atom is -0.356 e. The first-order valence-corrected chi connectivity index (χ1v) is 10.7. The third-order valence-corrected chi connectivity index (χ3v) is 6.26. The van der Waals surface area contributed by atoms with Crippen LogP contribution in [0.2, 0.25) is 0 Å². The first-order valence-electron chi connectivity index (χ1n) is 9.52. The van der Waals surface area contributed by atoms with Crippen LogP contribution in [0.25, 0.3) is 0 Å². The van der Waals surface area contributed by atoms with Crippen LogP contribution < -0.4 is 4.90 Å². The van der Waals surface area contributed by atoms with E-state index in [-0.39, 0.29) is 5.54 Å². The monoisotopic (exact) mass is 372 g/mol. The Morgan fingerprint density at radius 2 is 2.04 bits per heavy atom. The van der Waals surface area contributed by atoms with Gasteiger partial charge in [0, 0.05) is 44.5 Å². The number of hydrogen-bond donors (Lipinski definition) is 1. The minimum atomic E-state index is 0.0731. The van der Waals surface area contributed by atoms with Gasteiger partial charge in [0.15, 0.2) is 5.16 Å². The van der Waals surface area contributed by atoms with Crippen molar-refractivity contribution in [2.24, 2.45) is 5.92 Å². The molecule has 7 heteroatoms. The van der Waals surface area contributed by atoms with E-state index < -0.39 is 0 Å². The zero-order valence-electron chi connectivity index (χ0n) is 15.9. The van der Waals surface area contributed by atoms with Crippen molar-refractivity contribution in [3.8, 4) is 0 Å². The Kier molecular flexibility index (Phi) is 4.92. The molecule has 2 aromatic rings. The first kappa shape index (κ1) is 17.8. The lowest BCUT2D eigenvalue weighted by atomic mass is 9.78. The summed E-state index contributed by atoms with van der Waals surface area (Å²) < 4.78 is 0. The number of rotatable bonds is 4. The summed E-state index contributed by atoms with van der Waals surface area (Å²) in [6, 6.07) is 2.03. The Labute approximate surface area is 159 Å². The zero-order valence-corrected chi connectivity index (χ0v) is 16.7. The van der Waals surface area contributed by atoms with Crippen LogP contribution in [0, 0.1) is 5.92 Å². The quantitative estimate of drug-likeness (QED) is 0.658. The number of aromatic nitrogens is 4. The van der Waals surface area contributed by atoms with Gasteiger partial charge >= 0.3 is 0 Å². The van der Waals surface area contributed by atoms with Gasteiger partial charge < -0.3 is 9.88 Å². The van der Waals surface area contributed by atoms with Gasteiger partial charge in [0.1, 0.15) is 5.82 Å². The maximum absolute atomic E-state index is 4.77. The second-order valence-corrected chi connectivity index (χ2v) is 8.51. The van der Waals surface area contributed by atoms with E-state index in [0.717, 1.165) is 56.4 Å². The lowest BCUT2D eigenvalue weighted by Gasteiger charge is -2.51. The first-order chi connectivity index (χ1) is 12.6. The van der Waals surface area contributed by atoms with Gasteiger partial charge in [0.2, 0.25) is 0 Å². The summed E-state index contributed by atoms with van der Waals surface area (Å²) in [5.41, 5.74) is 2.70. The van der Waals surface area contributed by atoms with Crippen LogP contribution in [0.5, 0.6) is 0 Å². The Morgan fingerprint density at radius 1 is 1.23 bits per heavy atom. The average molecular weight is 373 g/mol. The van der Waals surface area contributed by atoms with Crippen molar-refractivity contribution in [2.75, 3.05) is 37.3 Å². The standard InChI is InChI=1S/C19H28N6S/c1-14(2)12-25-9-5-15-17(22-13-21-15)19(25)6-10-24(11-7-19)16-4-8-20-18(23-16)26-3/h4,8,13-14H,5-7,9-12H2,1-3H3,(H,21,22). The molecule has 0 bridgehead atoms. The fraction of sp³-hybridized carbons (Fsp3) is 0.632. The molecule has 2 aliphatic rings. The van der Waals surface area contributed by atoms with Crippen LogP contribution in [-0.4, -0.2) is 57.3 Å². The molecular weight excluding hydrogens is 344 g/mol. The molecule has 2 aromatic heterocycles. The Hall–Kier alpha value is -1.60. The molecule has 140 valence electrons. The number of imidazole rings is 1. The maximum Gasteiger partial charge on any atom is 0.189 e. The second-order valence-electron chi connectivity index (χ2n) is 7.74. The van der Waals surface area contributed by atoms with Crippen molar-refractivity contribution in [1.29, 1.82) is 0 Å². The number of anilines is 1. The number of nitrogens with zero attached hydrogens (tertiary/aromatic N) is 5. The molecule has 0 saturated carbocycles. The van der Waals surface area contributed by atoms with Crippen molar-refractivity contribution in [3.63, 3.8) is 0 Å². The minimum absolute atomic E-state index is 0.0731. The molecule has 0 radical (unpaired) electrons. The van der Waals surface area contributed by atoms with E-state index in [4.69, 9.17) is 9.97 Å². The highest BCUT2D eigenvalue weighted by Gasteiger charge is 2.46. The lowest BCUT2D eigenvalue weighted by Crippen LogP contribution is -2.57. The van der Waals surface area contributed by atoms with Gasteiger partial charge in [0.05, 0.1) is 17.6 Å². The van der Waals surface area contributed by atoms with E-state index in [2.05, 4.69) is 33.6 Å². The Morgan fingerprint density at radius 3 is 2.77 bits per heavy atom. The topological polar surface area (TPSA) is 60.9 Å². The van der Waals surface area contributed by atoms with Gasteiger partial charge in [-0.15, -0.1) is 0 Å². The predicted molar refractivity (Wildman–Crippen MR) is 106 cm³/mol. The summed E-state index contributed by atoms with van der Waals surface area (Å²) in [5, 5.41) is 0.844. The summed E-state index contributed by atoms with van der Waals surface area (Å²) in [6.07, 6.45) is 9.04. The predicted octanol–water partition coefficient (Wildman–Crippen LogP) is 2.93. The van der Waals surface area contributed by atoms with Crippen molar-refractivity contribution in [1.82, 2.24) is 24.8 Å². The highest BCUT2D eigenvalue weighted by Crippen LogP contribution is 2.43. The van der Waals surface area contributed by atoms with Crippen LogP contribution in [0.4, 0.5) is 5.82 Å². The van der Waals surface area contributed by atoms with E-state index in [1.807, 2.05) is 24.8 Å². The van der Waals surface area contributed by atoms with Gasteiger partial charge in [-0.2, -0.15) is 0 Å². The molecule has 2 aliphatic heterocycles. The van der Waals surface area contributed by atoms with Crippen molar-refractivity contribution in [3.05, 3.63) is 30.0 Å². The number of piperidine rings is 1. The summed E-state index contributed by atoms with van der Waals surface area (Å²) in [4.78, 5) is 22.3. The maximum atomic E-state index is 4.77. The van der Waals surface area contributed by atoms with Crippen LogP contribution in [0.1, 0.15) is 38.1 Å². The van der Waals surface area contributed by atoms with Crippen LogP contribution in [0.3, 0.4) is 0 Å². The SMILES string of the molecule is CSc1nccc(N2CCC3(CC2)c2nc[nH]c2CCN3CC(C)C)n1. The Balaban J connectivity index is 1.58. The van der Waals surface area contributed by atoms with Crippen molar-refractivity contribution in [2.45, 2.75) is 43.8 Å². The number of fused-ring (bicyclic) bond motifs is 2. The van der Waals surface area contributed by atoms with Crippen LogP contribution >= 0.6 is 11.8 Å². The van der Waals surface area contributed by atoms with E-state index in [0.29, 0.717) is 5.92 Å². The fourth-order valence-electron chi connectivity index (χ4n) is 4.50. The molecular formula is C19H28N6S. The summed E-state index contributed by atoms with van der Waals surface area (Å²) in [7, 11) is 0. The largest absolute Gasteiger partial charge is 0.356 e. The molecule has 26 heavy (non-hydrogen) atoms. The smallest absolute Gasteiger partial charge is 0.189 e. The molecule has 0 amide bonds. The van der Waals surface area contributed by atoms with Crippen molar-refractivity contribution < 1.29 is 0 Å². The number of hydrogen-bond acceptors (Lipinski definition) is 6. The summed E-state index contributed by atoms with van der Waals surface area (Å²) >= 11 is 1.60.